The highest BCUT2D eigenvalue weighted by molar-refractivity contribution is 7.90. The molecular weight excluding hydrogens is 274 g/mol. The van der Waals surface area contributed by atoms with E-state index in [2.05, 4.69) is 14.9 Å². The summed E-state index contributed by atoms with van der Waals surface area (Å²) in [7, 11) is -3.60. The Bertz CT molecular complexity index is 796. The fourth-order valence-corrected chi connectivity index (χ4v) is 3.06. The first-order valence-corrected chi connectivity index (χ1v) is 7.39. The Kier molecular flexibility index (Phi) is 3.08. The molecule has 0 saturated heterocycles. The molecule has 0 atom stereocenters. The van der Waals surface area contributed by atoms with Crippen molar-refractivity contribution in [3.63, 3.8) is 0 Å². The van der Waals surface area contributed by atoms with Gasteiger partial charge in [0.2, 0.25) is 0 Å². The predicted octanol–water partition coefficient (Wildman–Crippen LogP) is 1.76. The molecule has 1 aliphatic heterocycles. The molecule has 0 amide bonds. The lowest BCUT2D eigenvalue weighted by Gasteiger charge is -2.00. The molecule has 2 aromatic rings. The maximum Gasteiger partial charge on any atom is 0.285 e. The fraction of sp³-hybridized carbons (Fsp3) is 0. The average Bonchev–Trinajstić information content (AvgIpc) is 2.72. The van der Waals surface area contributed by atoms with E-state index in [9.17, 15) is 8.42 Å². The molecular formula is C14H11N3O2S. The van der Waals surface area contributed by atoms with Gasteiger partial charge in [0.25, 0.3) is 10.0 Å². The van der Waals surface area contributed by atoms with Gasteiger partial charge in [-0.05, 0) is 17.7 Å². The van der Waals surface area contributed by atoms with E-state index in [1.54, 1.807) is 24.4 Å². The Morgan fingerprint density at radius 3 is 2.50 bits per heavy atom. The van der Waals surface area contributed by atoms with Crippen molar-refractivity contribution in [3.8, 4) is 0 Å². The Morgan fingerprint density at radius 2 is 1.70 bits per heavy atom. The molecule has 1 heterocycles. The van der Waals surface area contributed by atoms with Crippen LogP contribution in [0.3, 0.4) is 0 Å². The van der Waals surface area contributed by atoms with Gasteiger partial charge in [0, 0.05) is 5.56 Å². The lowest BCUT2D eigenvalue weighted by Crippen LogP contribution is -2.17. The molecule has 0 aromatic heterocycles. The number of rotatable bonds is 2. The second kappa shape index (κ2) is 4.90. The molecule has 0 saturated carbocycles. The molecule has 0 radical (unpaired) electrons. The van der Waals surface area contributed by atoms with Crippen molar-refractivity contribution in [1.82, 2.24) is 5.43 Å². The third-order valence-electron chi connectivity index (χ3n) is 2.82. The van der Waals surface area contributed by atoms with Crippen molar-refractivity contribution < 1.29 is 8.42 Å². The smallest absolute Gasteiger partial charge is 0.260 e. The second-order valence-corrected chi connectivity index (χ2v) is 5.76. The number of amidine groups is 1. The topological polar surface area (TPSA) is 70.9 Å². The number of nitrogens with one attached hydrogen (secondary N) is 1. The first kappa shape index (κ1) is 12.6. The Hall–Kier alpha value is -2.47. The van der Waals surface area contributed by atoms with Gasteiger partial charge in [-0.3, -0.25) is 5.43 Å². The summed E-state index contributed by atoms with van der Waals surface area (Å²) in [5.74, 6) is 0.243. The van der Waals surface area contributed by atoms with Crippen molar-refractivity contribution >= 4 is 22.1 Å². The SMILES string of the molecule is O=S1(=O)N=C(N/N=C/c2ccccc2)c2ccccc21. The summed E-state index contributed by atoms with van der Waals surface area (Å²) in [4.78, 5) is 0.206. The molecule has 20 heavy (non-hydrogen) atoms. The monoisotopic (exact) mass is 285 g/mol. The lowest BCUT2D eigenvalue weighted by atomic mass is 10.2. The average molecular weight is 285 g/mol. The molecule has 0 aliphatic carbocycles. The van der Waals surface area contributed by atoms with Crippen molar-refractivity contribution in [2.24, 2.45) is 9.50 Å². The van der Waals surface area contributed by atoms with Gasteiger partial charge in [-0.1, -0.05) is 42.5 Å². The zero-order valence-corrected chi connectivity index (χ0v) is 11.2. The summed E-state index contributed by atoms with van der Waals surface area (Å²) in [5, 5.41) is 4.02. The number of nitrogens with zero attached hydrogens (tertiary/aromatic N) is 2. The fourth-order valence-electron chi connectivity index (χ4n) is 1.89. The molecule has 6 heteroatoms. The van der Waals surface area contributed by atoms with E-state index in [4.69, 9.17) is 0 Å². The summed E-state index contributed by atoms with van der Waals surface area (Å²) in [5.41, 5.74) is 4.13. The summed E-state index contributed by atoms with van der Waals surface area (Å²) >= 11 is 0. The third-order valence-corrected chi connectivity index (χ3v) is 4.15. The van der Waals surface area contributed by atoms with Gasteiger partial charge in [-0.15, -0.1) is 4.40 Å². The van der Waals surface area contributed by atoms with Gasteiger partial charge in [-0.2, -0.15) is 13.5 Å². The van der Waals surface area contributed by atoms with Crippen molar-refractivity contribution in [1.29, 1.82) is 0 Å². The van der Waals surface area contributed by atoms with E-state index in [0.717, 1.165) is 5.56 Å². The highest BCUT2D eigenvalue weighted by atomic mass is 32.2. The van der Waals surface area contributed by atoms with Crippen molar-refractivity contribution in [2.45, 2.75) is 4.90 Å². The number of hydrogen-bond acceptors (Lipinski definition) is 4. The van der Waals surface area contributed by atoms with Gasteiger partial charge in [0.05, 0.1) is 6.21 Å². The minimum Gasteiger partial charge on any atom is -0.260 e. The van der Waals surface area contributed by atoms with E-state index >= 15 is 0 Å². The highest BCUT2D eigenvalue weighted by Crippen LogP contribution is 2.24. The number of benzene rings is 2. The summed E-state index contributed by atoms with van der Waals surface area (Å²) < 4.78 is 27.3. The highest BCUT2D eigenvalue weighted by Gasteiger charge is 2.27. The maximum atomic E-state index is 11.8. The van der Waals surface area contributed by atoms with Crippen LogP contribution in [-0.4, -0.2) is 20.5 Å². The van der Waals surface area contributed by atoms with Crippen LogP contribution in [0.4, 0.5) is 0 Å². The first-order valence-electron chi connectivity index (χ1n) is 5.95. The Labute approximate surface area is 116 Å². The van der Waals surface area contributed by atoms with Crippen molar-refractivity contribution in [3.05, 3.63) is 65.7 Å². The van der Waals surface area contributed by atoms with Crippen LogP contribution in [-0.2, 0) is 10.0 Å². The Balaban J connectivity index is 1.85. The van der Waals surface area contributed by atoms with Gasteiger partial charge in [-0.25, -0.2) is 0 Å². The maximum absolute atomic E-state index is 11.8. The lowest BCUT2D eigenvalue weighted by molar-refractivity contribution is 0.599. The molecule has 100 valence electrons. The van der Waals surface area contributed by atoms with E-state index in [1.165, 1.54) is 6.07 Å². The summed E-state index contributed by atoms with van der Waals surface area (Å²) in [6.07, 6.45) is 1.61. The minimum absolute atomic E-state index is 0.206. The third kappa shape index (κ3) is 2.33. The number of hydrogen-bond donors (Lipinski definition) is 1. The largest absolute Gasteiger partial charge is 0.285 e. The van der Waals surface area contributed by atoms with E-state index in [0.29, 0.717) is 5.56 Å². The van der Waals surface area contributed by atoms with Gasteiger partial charge in [0.15, 0.2) is 5.84 Å². The standard InChI is InChI=1S/C14H11N3O2S/c18-20(19)13-9-5-4-8-12(13)14(17-20)16-15-10-11-6-2-1-3-7-11/h1-10H,(H,16,17)/b15-10+. The van der Waals surface area contributed by atoms with Crippen LogP contribution in [0, 0.1) is 0 Å². The molecule has 1 aliphatic rings. The van der Waals surface area contributed by atoms with Crippen LogP contribution in [0.1, 0.15) is 11.1 Å². The van der Waals surface area contributed by atoms with Crippen LogP contribution < -0.4 is 5.43 Å². The molecule has 0 unspecified atom stereocenters. The van der Waals surface area contributed by atoms with Crippen LogP contribution in [0.5, 0.6) is 0 Å². The van der Waals surface area contributed by atoms with Crippen LogP contribution >= 0.6 is 0 Å². The quantitative estimate of drug-likeness (QED) is 0.675. The Morgan fingerprint density at radius 1 is 1.00 bits per heavy atom. The van der Waals surface area contributed by atoms with Crippen molar-refractivity contribution in [2.75, 3.05) is 0 Å². The van der Waals surface area contributed by atoms with E-state index in [1.807, 2.05) is 30.3 Å². The van der Waals surface area contributed by atoms with E-state index in [-0.39, 0.29) is 10.7 Å². The van der Waals surface area contributed by atoms with E-state index < -0.39 is 10.0 Å². The van der Waals surface area contributed by atoms with Crippen LogP contribution in [0.2, 0.25) is 0 Å². The predicted molar refractivity (Wildman–Crippen MR) is 77.3 cm³/mol. The number of hydrazone groups is 1. The van der Waals surface area contributed by atoms with Gasteiger partial charge < -0.3 is 0 Å². The molecule has 1 N–H and O–H groups in total. The summed E-state index contributed by atoms with van der Waals surface area (Å²) in [6.45, 7) is 0. The molecule has 3 rings (SSSR count). The van der Waals surface area contributed by atoms with Crippen LogP contribution in [0.15, 0.2) is 69.0 Å². The number of sulfonamides is 1. The number of fused-ring (bicyclic) bond motifs is 1. The zero-order valence-electron chi connectivity index (χ0n) is 10.4. The molecule has 0 bridgehead atoms. The molecule has 2 aromatic carbocycles. The normalized spacial score (nSPS) is 15.9. The first-order chi connectivity index (χ1) is 9.67. The molecule has 5 nitrogen and oxygen atoms in total. The molecule has 0 fully saturated rings. The zero-order chi connectivity index (χ0) is 14.0. The van der Waals surface area contributed by atoms with Crippen LogP contribution in [0.25, 0.3) is 0 Å². The van der Waals surface area contributed by atoms with Gasteiger partial charge >= 0.3 is 0 Å². The molecule has 0 spiro atoms. The van der Waals surface area contributed by atoms with Gasteiger partial charge in [0.1, 0.15) is 4.90 Å². The second-order valence-electron chi connectivity index (χ2n) is 4.19. The minimum atomic E-state index is -3.60. The summed E-state index contributed by atoms with van der Waals surface area (Å²) in [6, 6.07) is 16.2.